The fourth-order valence-electron chi connectivity index (χ4n) is 2.34. The third-order valence-corrected chi connectivity index (χ3v) is 3.63. The highest BCUT2D eigenvalue weighted by atomic mass is 16.6. The quantitative estimate of drug-likeness (QED) is 0.626. The van der Waals surface area contributed by atoms with Crippen LogP contribution in [0.1, 0.15) is 6.92 Å². The molecule has 1 heterocycles. The van der Waals surface area contributed by atoms with Crippen LogP contribution in [0, 0.1) is 10.1 Å². The molecule has 1 atom stereocenters. The van der Waals surface area contributed by atoms with Gasteiger partial charge in [-0.2, -0.15) is 0 Å². The summed E-state index contributed by atoms with van der Waals surface area (Å²) in [5, 5.41) is 23.4. The highest BCUT2D eigenvalue weighted by Crippen LogP contribution is 2.30. The largest absolute Gasteiger partial charge is 0.392 e. The maximum Gasteiger partial charge on any atom is 0.292 e. The fraction of sp³-hybridized carbons (Fsp3) is 0.571. The summed E-state index contributed by atoms with van der Waals surface area (Å²) in [5.41, 5.74) is 1.47. The summed E-state index contributed by atoms with van der Waals surface area (Å²) in [6, 6.07) is 5.11. The van der Waals surface area contributed by atoms with Gasteiger partial charge in [-0.25, -0.2) is 0 Å². The van der Waals surface area contributed by atoms with Crippen molar-refractivity contribution in [2.45, 2.75) is 13.0 Å². The van der Waals surface area contributed by atoms with Gasteiger partial charge in [0.25, 0.3) is 5.69 Å². The van der Waals surface area contributed by atoms with Gasteiger partial charge in [0.05, 0.1) is 11.0 Å². The van der Waals surface area contributed by atoms with Crippen LogP contribution in [0.5, 0.6) is 0 Å². The highest BCUT2D eigenvalue weighted by molar-refractivity contribution is 5.69. The molecule has 0 aromatic heterocycles. The Kier molecular flexibility index (Phi) is 4.98. The molecule has 1 aliphatic heterocycles. The second-order valence-electron chi connectivity index (χ2n) is 5.48. The van der Waals surface area contributed by atoms with E-state index in [1.54, 1.807) is 19.1 Å². The Balaban J connectivity index is 2.19. The number of nitrogens with one attached hydrogen (secondary N) is 1. The van der Waals surface area contributed by atoms with Gasteiger partial charge in [-0.15, -0.1) is 0 Å². The molecule has 0 amide bonds. The summed E-state index contributed by atoms with van der Waals surface area (Å²) < 4.78 is 0. The van der Waals surface area contributed by atoms with Gasteiger partial charge in [-0.05, 0) is 26.1 Å². The van der Waals surface area contributed by atoms with E-state index in [1.165, 1.54) is 6.07 Å². The van der Waals surface area contributed by atoms with Crippen LogP contribution >= 0.6 is 0 Å². The summed E-state index contributed by atoms with van der Waals surface area (Å²) in [4.78, 5) is 15.2. The molecule has 2 rings (SSSR count). The van der Waals surface area contributed by atoms with Gasteiger partial charge < -0.3 is 20.2 Å². The first-order valence-electron chi connectivity index (χ1n) is 7.11. The van der Waals surface area contributed by atoms with E-state index in [-0.39, 0.29) is 12.2 Å². The molecule has 0 unspecified atom stereocenters. The van der Waals surface area contributed by atoms with Crippen molar-refractivity contribution >= 4 is 17.1 Å². The normalized spacial score (nSPS) is 17.6. The highest BCUT2D eigenvalue weighted by Gasteiger charge is 2.19. The van der Waals surface area contributed by atoms with Crippen molar-refractivity contribution in [1.82, 2.24) is 4.90 Å². The average Bonchev–Trinajstić information content (AvgIpc) is 2.45. The zero-order valence-electron chi connectivity index (χ0n) is 12.5. The van der Waals surface area contributed by atoms with Crippen molar-refractivity contribution in [2.24, 2.45) is 0 Å². The molecular weight excluding hydrogens is 272 g/mol. The monoisotopic (exact) mass is 294 g/mol. The average molecular weight is 294 g/mol. The molecule has 2 N–H and O–H groups in total. The predicted molar refractivity (Wildman–Crippen MR) is 83.0 cm³/mol. The zero-order chi connectivity index (χ0) is 15.4. The van der Waals surface area contributed by atoms with E-state index >= 15 is 0 Å². The number of hydrogen-bond donors (Lipinski definition) is 2. The van der Waals surface area contributed by atoms with Crippen LogP contribution in [-0.4, -0.2) is 60.8 Å². The van der Waals surface area contributed by atoms with Crippen LogP contribution in [0.3, 0.4) is 0 Å². The van der Waals surface area contributed by atoms with Crippen molar-refractivity contribution in [3.63, 3.8) is 0 Å². The predicted octanol–water partition coefficient (Wildman–Crippen LogP) is 1.14. The number of piperazine rings is 1. The summed E-state index contributed by atoms with van der Waals surface area (Å²) >= 11 is 0. The standard InChI is InChI=1S/C14H22N4O3/c1-11(19)10-15-13-9-12(3-4-14(13)18(20)21)17-7-5-16(2)6-8-17/h3-4,9,11,15,19H,5-8,10H2,1-2H3/t11-/m1/s1. The van der Waals surface area contributed by atoms with Gasteiger partial charge in [0.2, 0.25) is 0 Å². The molecule has 1 aromatic rings. The summed E-state index contributed by atoms with van der Waals surface area (Å²) in [7, 11) is 2.09. The van der Waals surface area contributed by atoms with Gasteiger partial charge in [-0.1, -0.05) is 0 Å². The van der Waals surface area contributed by atoms with Crippen LogP contribution in [-0.2, 0) is 0 Å². The molecule has 1 aliphatic rings. The molecule has 0 spiro atoms. The number of benzene rings is 1. The van der Waals surface area contributed by atoms with Crippen LogP contribution in [0.2, 0.25) is 0 Å². The van der Waals surface area contributed by atoms with E-state index in [0.717, 1.165) is 31.9 Å². The summed E-state index contributed by atoms with van der Waals surface area (Å²) in [6.07, 6.45) is -0.558. The smallest absolute Gasteiger partial charge is 0.292 e. The van der Waals surface area contributed by atoms with Gasteiger partial charge in [-0.3, -0.25) is 10.1 Å². The molecule has 7 nitrogen and oxygen atoms in total. The van der Waals surface area contributed by atoms with Crippen LogP contribution in [0.15, 0.2) is 18.2 Å². The van der Waals surface area contributed by atoms with Crippen LogP contribution in [0.25, 0.3) is 0 Å². The number of aliphatic hydroxyl groups is 1. The molecule has 7 heteroatoms. The minimum Gasteiger partial charge on any atom is -0.392 e. The summed E-state index contributed by atoms with van der Waals surface area (Å²) in [5.74, 6) is 0. The van der Waals surface area contributed by atoms with Crippen LogP contribution < -0.4 is 10.2 Å². The number of nitro groups is 1. The van der Waals surface area contributed by atoms with Crippen molar-refractivity contribution in [3.8, 4) is 0 Å². The lowest BCUT2D eigenvalue weighted by molar-refractivity contribution is -0.383. The minimum absolute atomic E-state index is 0.0357. The number of rotatable bonds is 5. The first-order valence-corrected chi connectivity index (χ1v) is 7.11. The van der Waals surface area contributed by atoms with E-state index < -0.39 is 11.0 Å². The lowest BCUT2D eigenvalue weighted by atomic mass is 10.2. The lowest BCUT2D eigenvalue weighted by Gasteiger charge is -2.34. The number of likely N-dealkylation sites (N-methyl/N-ethyl adjacent to an activating group) is 1. The minimum atomic E-state index is -0.558. The second-order valence-corrected chi connectivity index (χ2v) is 5.48. The first kappa shape index (κ1) is 15.5. The molecule has 21 heavy (non-hydrogen) atoms. The fourth-order valence-corrected chi connectivity index (χ4v) is 2.34. The van der Waals surface area contributed by atoms with Crippen molar-refractivity contribution in [2.75, 3.05) is 50.0 Å². The van der Waals surface area contributed by atoms with Gasteiger partial charge in [0.15, 0.2) is 0 Å². The van der Waals surface area contributed by atoms with E-state index in [1.807, 2.05) is 0 Å². The molecule has 0 saturated carbocycles. The number of aliphatic hydroxyl groups excluding tert-OH is 1. The second kappa shape index (κ2) is 6.73. The molecule has 0 aliphatic carbocycles. The Morgan fingerprint density at radius 2 is 2.05 bits per heavy atom. The Bertz CT molecular complexity index is 499. The number of nitrogens with zero attached hydrogens (tertiary/aromatic N) is 3. The molecule has 0 radical (unpaired) electrons. The maximum absolute atomic E-state index is 11.1. The number of anilines is 2. The molecule has 1 saturated heterocycles. The molecule has 1 aromatic carbocycles. The van der Waals surface area contributed by atoms with Crippen LogP contribution in [0.4, 0.5) is 17.1 Å². The van der Waals surface area contributed by atoms with E-state index in [9.17, 15) is 15.2 Å². The molecule has 116 valence electrons. The third kappa shape index (κ3) is 4.05. The third-order valence-electron chi connectivity index (χ3n) is 3.63. The Morgan fingerprint density at radius 3 is 2.62 bits per heavy atom. The molecule has 1 fully saturated rings. The lowest BCUT2D eigenvalue weighted by Crippen LogP contribution is -2.44. The van der Waals surface area contributed by atoms with Crippen molar-refractivity contribution in [3.05, 3.63) is 28.3 Å². The Hall–Kier alpha value is -1.86. The van der Waals surface area contributed by atoms with E-state index in [4.69, 9.17) is 0 Å². The molecular formula is C14H22N4O3. The number of hydrogen-bond acceptors (Lipinski definition) is 6. The number of nitro benzene ring substituents is 1. The zero-order valence-corrected chi connectivity index (χ0v) is 12.5. The van der Waals surface area contributed by atoms with Gasteiger partial charge in [0.1, 0.15) is 5.69 Å². The SMILES string of the molecule is C[C@@H](O)CNc1cc(N2CCN(C)CC2)ccc1[N+](=O)[O-]. The Labute approximate surface area is 124 Å². The van der Waals surface area contributed by atoms with E-state index in [0.29, 0.717) is 5.69 Å². The van der Waals surface area contributed by atoms with Gasteiger partial charge in [0, 0.05) is 44.5 Å². The van der Waals surface area contributed by atoms with Crippen molar-refractivity contribution < 1.29 is 10.0 Å². The summed E-state index contributed by atoms with van der Waals surface area (Å²) in [6.45, 7) is 5.70. The molecule has 0 bridgehead atoms. The maximum atomic E-state index is 11.1. The Morgan fingerprint density at radius 1 is 1.38 bits per heavy atom. The van der Waals surface area contributed by atoms with Gasteiger partial charge >= 0.3 is 0 Å². The van der Waals surface area contributed by atoms with Crippen molar-refractivity contribution in [1.29, 1.82) is 0 Å². The topological polar surface area (TPSA) is 81.9 Å². The first-order chi connectivity index (χ1) is 9.97. The van der Waals surface area contributed by atoms with E-state index in [2.05, 4.69) is 22.2 Å².